The van der Waals surface area contributed by atoms with Crippen LogP contribution >= 0.6 is 0 Å². The highest BCUT2D eigenvalue weighted by Gasteiger charge is 2.30. The van der Waals surface area contributed by atoms with Crippen molar-refractivity contribution in [1.29, 1.82) is 0 Å². The normalized spacial score (nSPS) is 16.8. The number of benzene rings is 2. The Kier molecular flexibility index (Phi) is 5.27. The highest BCUT2D eigenvalue weighted by atomic mass is 16.2. The Hall–Kier alpha value is -2.49. The van der Waals surface area contributed by atoms with Crippen LogP contribution in [0.2, 0.25) is 0 Å². The van der Waals surface area contributed by atoms with Gasteiger partial charge in [0.15, 0.2) is 0 Å². The molecule has 0 aromatic heterocycles. The minimum Gasteiger partial charge on any atom is -0.375 e. The Bertz CT molecular complexity index is 743. The number of urea groups is 1. The molecule has 132 valence electrons. The second-order valence-corrected chi connectivity index (χ2v) is 6.70. The maximum atomic E-state index is 12.9. The van der Waals surface area contributed by atoms with Gasteiger partial charge in [0.1, 0.15) is 0 Å². The molecular weight excluding hydrogens is 310 g/mol. The molecule has 0 spiro atoms. The molecule has 4 heteroatoms. The zero-order chi connectivity index (χ0) is 17.8. The van der Waals surface area contributed by atoms with Crippen LogP contribution in [0.15, 0.2) is 48.5 Å². The standard InChI is InChI=1S/C21H27N3O/c1-4-23(3)18-11-7-10-17(15-18)22-21(25)24-14-8-13-20(24)19-12-6-5-9-16(19)2/h5-7,9-12,15,20H,4,8,13-14H2,1-3H3,(H,22,25)/t20-/m0/s1. The van der Waals surface area contributed by atoms with Crippen LogP contribution in [0, 0.1) is 6.92 Å². The van der Waals surface area contributed by atoms with Crippen LogP contribution in [0.5, 0.6) is 0 Å². The molecule has 3 rings (SSSR count). The fraction of sp³-hybridized carbons (Fsp3) is 0.381. The van der Waals surface area contributed by atoms with Crippen molar-refractivity contribution in [3.63, 3.8) is 0 Å². The number of likely N-dealkylation sites (tertiary alicyclic amines) is 1. The number of carbonyl (C=O) groups excluding carboxylic acids is 1. The molecule has 2 aromatic carbocycles. The molecule has 25 heavy (non-hydrogen) atoms. The van der Waals surface area contributed by atoms with Gasteiger partial charge in [-0.3, -0.25) is 0 Å². The quantitative estimate of drug-likeness (QED) is 0.868. The molecule has 0 saturated carbocycles. The second-order valence-electron chi connectivity index (χ2n) is 6.70. The largest absolute Gasteiger partial charge is 0.375 e. The lowest BCUT2D eigenvalue weighted by atomic mass is 9.99. The number of nitrogens with zero attached hydrogens (tertiary/aromatic N) is 2. The first-order valence-corrected chi connectivity index (χ1v) is 9.04. The number of aryl methyl sites for hydroxylation is 1. The van der Waals surface area contributed by atoms with E-state index in [0.717, 1.165) is 37.3 Å². The Morgan fingerprint density at radius 2 is 2.04 bits per heavy atom. The second kappa shape index (κ2) is 7.60. The summed E-state index contributed by atoms with van der Waals surface area (Å²) < 4.78 is 0. The number of hydrogen-bond donors (Lipinski definition) is 1. The molecule has 0 aliphatic carbocycles. The number of anilines is 2. The van der Waals surface area contributed by atoms with Gasteiger partial charge in [0.2, 0.25) is 0 Å². The van der Waals surface area contributed by atoms with Crippen molar-refractivity contribution in [3.8, 4) is 0 Å². The molecule has 1 heterocycles. The predicted molar refractivity (Wildman–Crippen MR) is 104 cm³/mol. The van der Waals surface area contributed by atoms with E-state index in [9.17, 15) is 4.79 Å². The van der Waals surface area contributed by atoms with Gasteiger partial charge in [-0.15, -0.1) is 0 Å². The van der Waals surface area contributed by atoms with Crippen LogP contribution < -0.4 is 10.2 Å². The minimum atomic E-state index is -0.0120. The van der Waals surface area contributed by atoms with E-state index in [4.69, 9.17) is 0 Å². The van der Waals surface area contributed by atoms with Crippen LogP contribution in [0.25, 0.3) is 0 Å². The van der Waals surface area contributed by atoms with Gasteiger partial charge >= 0.3 is 6.03 Å². The lowest BCUT2D eigenvalue weighted by Crippen LogP contribution is -2.34. The Labute approximate surface area is 150 Å². The van der Waals surface area contributed by atoms with E-state index in [1.807, 2.05) is 29.2 Å². The molecule has 0 unspecified atom stereocenters. The van der Waals surface area contributed by atoms with Crippen LogP contribution in [0.3, 0.4) is 0 Å². The predicted octanol–water partition coefficient (Wildman–Crippen LogP) is 4.82. The van der Waals surface area contributed by atoms with Crippen molar-refractivity contribution in [2.24, 2.45) is 0 Å². The fourth-order valence-electron chi connectivity index (χ4n) is 3.49. The van der Waals surface area contributed by atoms with E-state index in [1.165, 1.54) is 11.1 Å². The van der Waals surface area contributed by atoms with Gasteiger partial charge in [-0.05, 0) is 56.0 Å². The summed E-state index contributed by atoms with van der Waals surface area (Å²) in [6.45, 7) is 5.97. The van der Waals surface area contributed by atoms with E-state index in [-0.39, 0.29) is 12.1 Å². The molecule has 1 fully saturated rings. The van der Waals surface area contributed by atoms with Crippen LogP contribution in [0.4, 0.5) is 16.2 Å². The average molecular weight is 337 g/mol. The molecule has 1 aliphatic rings. The SMILES string of the molecule is CCN(C)c1cccc(NC(=O)N2CCC[C@H]2c2ccccc2C)c1. The van der Waals surface area contributed by atoms with Crippen LogP contribution in [0.1, 0.15) is 36.9 Å². The summed E-state index contributed by atoms with van der Waals surface area (Å²) in [6, 6.07) is 16.5. The monoisotopic (exact) mass is 337 g/mol. The van der Waals surface area contributed by atoms with Crippen LogP contribution in [-0.4, -0.2) is 31.1 Å². The van der Waals surface area contributed by atoms with Gasteiger partial charge in [-0.1, -0.05) is 30.3 Å². The maximum Gasteiger partial charge on any atom is 0.322 e. The van der Waals surface area contributed by atoms with Gasteiger partial charge in [0, 0.05) is 31.5 Å². The summed E-state index contributed by atoms with van der Waals surface area (Å²) in [5, 5.41) is 3.08. The first-order valence-electron chi connectivity index (χ1n) is 9.04. The molecule has 1 atom stereocenters. The fourth-order valence-corrected chi connectivity index (χ4v) is 3.49. The molecule has 1 aliphatic heterocycles. The summed E-state index contributed by atoms with van der Waals surface area (Å²) in [7, 11) is 2.05. The van der Waals surface area contributed by atoms with Crippen molar-refractivity contribution in [2.45, 2.75) is 32.7 Å². The van der Waals surface area contributed by atoms with Gasteiger partial charge < -0.3 is 15.1 Å². The molecule has 2 amide bonds. The first kappa shape index (κ1) is 17.3. The lowest BCUT2D eigenvalue weighted by molar-refractivity contribution is 0.207. The smallest absolute Gasteiger partial charge is 0.322 e. The van der Waals surface area contributed by atoms with E-state index in [1.54, 1.807) is 0 Å². The molecule has 4 nitrogen and oxygen atoms in total. The third-order valence-electron chi connectivity index (χ3n) is 5.07. The molecule has 1 saturated heterocycles. The highest BCUT2D eigenvalue weighted by molar-refractivity contribution is 5.90. The summed E-state index contributed by atoms with van der Waals surface area (Å²) >= 11 is 0. The van der Waals surface area contributed by atoms with Gasteiger partial charge in [-0.25, -0.2) is 4.79 Å². The van der Waals surface area contributed by atoms with E-state index < -0.39 is 0 Å². The van der Waals surface area contributed by atoms with Gasteiger partial charge in [0.05, 0.1) is 6.04 Å². The summed E-state index contributed by atoms with van der Waals surface area (Å²) in [4.78, 5) is 17.0. The van der Waals surface area contributed by atoms with Gasteiger partial charge in [0.25, 0.3) is 0 Å². The Morgan fingerprint density at radius 1 is 1.24 bits per heavy atom. The average Bonchev–Trinajstić information content (AvgIpc) is 3.11. The first-order chi connectivity index (χ1) is 12.1. The van der Waals surface area contributed by atoms with E-state index >= 15 is 0 Å². The summed E-state index contributed by atoms with van der Waals surface area (Å²) in [6.07, 6.45) is 2.07. The van der Waals surface area contributed by atoms with E-state index in [0.29, 0.717) is 0 Å². The van der Waals surface area contributed by atoms with Crippen LogP contribution in [-0.2, 0) is 0 Å². The van der Waals surface area contributed by atoms with Crippen molar-refractivity contribution >= 4 is 17.4 Å². The topological polar surface area (TPSA) is 35.6 Å². The summed E-state index contributed by atoms with van der Waals surface area (Å²) in [5.74, 6) is 0. The number of hydrogen-bond acceptors (Lipinski definition) is 2. The lowest BCUT2D eigenvalue weighted by Gasteiger charge is -2.27. The molecule has 1 N–H and O–H groups in total. The third-order valence-corrected chi connectivity index (χ3v) is 5.07. The van der Waals surface area contributed by atoms with E-state index in [2.05, 4.69) is 55.4 Å². The minimum absolute atomic E-state index is 0.0120. The molecular formula is C21H27N3O. The molecule has 0 bridgehead atoms. The van der Waals surface area contributed by atoms with Crippen molar-refractivity contribution in [1.82, 2.24) is 4.90 Å². The molecule has 2 aromatic rings. The highest BCUT2D eigenvalue weighted by Crippen LogP contribution is 2.34. The van der Waals surface area contributed by atoms with Crippen molar-refractivity contribution < 1.29 is 4.79 Å². The van der Waals surface area contributed by atoms with Crippen molar-refractivity contribution in [3.05, 3.63) is 59.7 Å². The third kappa shape index (κ3) is 3.78. The zero-order valence-electron chi connectivity index (χ0n) is 15.3. The number of nitrogens with one attached hydrogen (secondary N) is 1. The number of carbonyl (C=O) groups is 1. The molecule has 0 radical (unpaired) electrons. The van der Waals surface area contributed by atoms with Gasteiger partial charge in [-0.2, -0.15) is 0 Å². The number of amides is 2. The Morgan fingerprint density at radius 3 is 2.80 bits per heavy atom. The number of rotatable bonds is 4. The zero-order valence-corrected chi connectivity index (χ0v) is 15.3. The Balaban J connectivity index is 1.76. The maximum absolute atomic E-state index is 12.9. The summed E-state index contributed by atoms with van der Waals surface area (Å²) in [5.41, 5.74) is 4.46. The van der Waals surface area contributed by atoms with Crippen molar-refractivity contribution in [2.75, 3.05) is 30.4 Å².